The van der Waals surface area contributed by atoms with Crippen molar-refractivity contribution in [1.82, 2.24) is 6.15 Å². The summed E-state index contributed by atoms with van der Waals surface area (Å²) in [6.45, 7) is 9.77. The summed E-state index contributed by atoms with van der Waals surface area (Å²) in [6.07, 6.45) is 0.330. The molecule has 0 saturated heterocycles. The Morgan fingerprint density at radius 1 is 1.44 bits per heavy atom. The van der Waals surface area contributed by atoms with Crippen LogP contribution < -0.4 is 6.15 Å². The fourth-order valence-corrected chi connectivity index (χ4v) is 2.87. The normalized spacial score (nSPS) is 15.2. The summed E-state index contributed by atoms with van der Waals surface area (Å²) < 4.78 is 38.3. The van der Waals surface area contributed by atoms with Gasteiger partial charge in [-0.2, -0.15) is 0 Å². The SMILES string of the molecule is C=CC(=O)OC(C)CC(C(C)(C)C)S(=O)(=O)[O-].[NH4+]. The third-order valence-corrected chi connectivity index (χ3v) is 3.94. The molecule has 0 heterocycles. The van der Waals surface area contributed by atoms with Crippen LogP contribution in [0.4, 0.5) is 0 Å². The molecular weight excluding hydrogens is 258 g/mol. The highest BCUT2D eigenvalue weighted by molar-refractivity contribution is 7.86. The zero-order chi connectivity index (χ0) is 13.9. The molecule has 0 saturated carbocycles. The summed E-state index contributed by atoms with van der Waals surface area (Å²) in [5, 5.41) is -1.09. The number of carbonyl (C=O) groups excluding carboxylic acids is 1. The molecule has 0 amide bonds. The third-order valence-electron chi connectivity index (χ3n) is 2.34. The van der Waals surface area contributed by atoms with Crippen molar-refractivity contribution in [3.05, 3.63) is 12.7 Å². The second kappa shape index (κ2) is 6.86. The van der Waals surface area contributed by atoms with Gasteiger partial charge in [-0.15, -0.1) is 0 Å². The van der Waals surface area contributed by atoms with Gasteiger partial charge in [0.25, 0.3) is 0 Å². The summed E-state index contributed by atoms with van der Waals surface area (Å²) >= 11 is 0. The molecule has 0 radical (unpaired) electrons. The Kier molecular flexibility index (Phi) is 7.41. The van der Waals surface area contributed by atoms with E-state index in [4.69, 9.17) is 4.74 Å². The Morgan fingerprint density at radius 2 is 1.89 bits per heavy atom. The molecule has 0 aromatic heterocycles. The maximum atomic E-state index is 11.2. The molecule has 7 heteroatoms. The molecule has 4 N–H and O–H groups in total. The zero-order valence-electron chi connectivity index (χ0n) is 11.6. The van der Waals surface area contributed by atoms with Crippen LogP contribution in [0.1, 0.15) is 34.1 Å². The van der Waals surface area contributed by atoms with Gasteiger partial charge in [-0.05, 0) is 12.3 Å². The number of carbonyl (C=O) groups is 1. The molecule has 0 aromatic carbocycles. The predicted molar refractivity (Wildman–Crippen MR) is 69.3 cm³/mol. The van der Waals surface area contributed by atoms with Gasteiger partial charge in [0.1, 0.15) is 6.10 Å². The first-order chi connectivity index (χ1) is 7.48. The quantitative estimate of drug-likeness (QED) is 0.468. The lowest BCUT2D eigenvalue weighted by Crippen LogP contribution is -2.37. The summed E-state index contributed by atoms with van der Waals surface area (Å²) in [4.78, 5) is 10.9. The van der Waals surface area contributed by atoms with Crippen molar-refractivity contribution in [1.29, 1.82) is 0 Å². The van der Waals surface area contributed by atoms with Gasteiger partial charge >= 0.3 is 5.97 Å². The first-order valence-corrected chi connectivity index (χ1v) is 6.73. The highest BCUT2D eigenvalue weighted by Crippen LogP contribution is 2.29. The van der Waals surface area contributed by atoms with E-state index in [1.165, 1.54) is 0 Å². The average molecular weight is 281 g/mol. The van der Waals surface area contributed by atoms with E-state index in [0.29, 0.717) is 0 Å². The van der Waals surface area contributed by atoms with E-state index in [9.17, 15) is 17.8 Å². The molecule has 0 rings (SSSR count). The van der Waals surface area contributed by atoms with Gasteiger partial charge in [0.2, 0.25) is 0 Å². The van der Waals surface area contributed by atoms with Crippen molar-refractivity contribution < 1.29 is 22.5 Å². The zero-order valence-corrected chi connectivity index (χ0v) is 12.4. The van der Waals surface area contributed by atoms with E-state index in [2.05, 4.69) is 6.58 Å². The first kappa shape index (κ1) is 19.4. The van der Waals surface area contributed by atoms with E-state index in [1.807, 2.05) is 0 Å². The molecule has 0 spiro atoms. The Hall–Kier alpha value is -0.920. The molecule has 2 unspecified atom stereocenters. The lowest BCUT2D eigenvalue weighted by Gasteiger charge is -2.34. The fourth-order valence-electron chi connectivity index (χ4n) is 1.50. The van der Waals surface area contributed by atoms with Crippen LogP contribution in [0.15, 0.2) is 12.7 Å². The van der Waals surface area contributed by atoms with Gasteiger partial charge in [0, 0.05) is 12.5 Å². The van der Waals surface area contributed by atoms with Crippen LogP contribution in [-0.4, -0.2) is 30.3 Å². The molecule has 2 atom stereocenters. The number of ether oxygens (including phenoxy) is 1. The minimum atomic E-state index is -4.43. The summed E-state index contributed by atoms with van der Waals surface area (Å²) in [5.41, 5.74) is -0.699. The molecular formula is C11H23NO5S. The van der Waals surface area contributed by atoms with Crippen molar-refractivity contribution in [2.75, 3.05) is 0 Å². The van der Waals surface area contributed by atoms with Crippen molar-refractivity contribution >= 4 is 16.1 Å². The van der Waals surface area contributed by atoms with Crippen LogP contribution in [0.25, 0.3) is 0 Å². The molecule has 0 bridgehead atoms. The van der Waals surface area contributed by atoms with Gasteiger partial charge in [0.05, 0.1) is 15.4 Å². The standard InChI is InChI=1S/C11H20O5S.H3N/c1-6-10(12)16-8(2)7-9(11(3,4)5)17(13,14)15;/h6,8-9H,1,7H2,2-5H3,(H,13,14,15);1H3. The van der Waals surface area contributed by atoms with Gasteiger partial charge < -0.3 is 15.4 Å². The van der Waals surface area contributed by atoms with Crippen LogP contribution in [0.5, 0.6) is 0 Å². The van der Waals surface area contributed by atoms with Gasteiger partial charge in [-0.3, -0.25) is 0 Å². The minimum Gasteiger partial charge on any atom is -0.748 e. The highest BCUT2D eigenvalue weighted by Gasteiger charge is 2.32. The monoisotopic (exact) mass is 281 g/mol. The van der Waals surface area contributed by atoms with Crippen LogP contribution in [0, 0.1) is 5.41 Å². The number of hydrogen-bond acceptors (Lipinski definition) is 5. The molecule has 0 aromatic rings. The Bertz CT molecular complexity index is 383. The fraction of sp³-hybridized carbons (Fsp3) is 0.727. The van der Waals surface area contributed by atoms with Gasteiger partial charge in [0.15, 0.2) is 0 Å². The topological polar surface area (TPSA) is 120 Å². The second-order valence-electron chi connectivity index (χ2n) is 5.03. The molecule has 0 aliphatic rings. The number of rotatable bonds is 5. The van der Waals surface area contributed by atoms with Crippen molar-refractivity contribution in [3.63, 3.8) is 0 Å². The predicted octanol–water partition coefficient (Wildman–Crippen LogP) is 1.83. The Balaban J connectivity index is 0. The second-order valence-corrected chi connectivity index (χ2v) is 6.59. The van der Waals surface area contributed by atoms with E-state index in [1.54, 1.807) is 27.7 Å². The number of quaternary nitrogens is 1. The van der Waals surface area contributed by atoms with E-state index >= 15 is 0 Å². The summed E-state index contributed by atoms with van der Waals surface area (Å²) in [6, 6.07) is 0. The third kappa shape index (κ3) is 6.73. The molecule has 0 aliphatic carbocycles. The van der Waals surface area contributed by atoms with E-state index in [0.717, 1.165) is 6.08 Å². The first-order valence-electron chi connectivity index (χ1n) is 5.26. The van der Waals surface area contributed by atoms with Crippen molar-refractivity contribution in [2.45, 2.75) is 45.5 Å². The maximum Gasteiger partial charge on any atom is 0.330 e. The summed E-state index contributed by atoms with van der Waals surface area (Å²) in [5.74, 6) is -0.631. The maximum absolute atomic E-state index is 11.2. The molecule has 6 nitrogen and oxygen atoms in total. The van der Waals surface area contributed by atoms with E-state index in [-0.39, 0.29) is 12.6 Å². The molecule has 0 fully saturated rings. The lowest BCUT2D eigenvalue weighted by atomic mass is 9.88. The van der Waals surface area contributed by atoms with Crippen LogP contribution in [0.2, 0.25) is 0 Å². The number of esters is 1. The number of hydrogen-bond donors (Lipinski definition) is 1. The van der Waals surface area contributed by atoms with Crippen LogP contribution in [0.3, 0.4) is 0 Å². The molecule has 18 heavy (non-hydrogen) atoms. The van der Waals surface area contributed by atoms with Crippen molar-refractivity contribution in [2.24, 2.45) is 5.41 Å². The van der Waals surface area contributed by atoms with Gasteiger partial charge in [-0.25, -0.2) is 13.2 Å². The largest absolute Gasteiger partial charge is 0.748 e. The average Bonchev–Trinajstić information content (AvgIpc) is 2.10. The van der Waals surface area contributed by atoms with Crippen LogP contribution in [-0.2, 0) is 19.6 Å². The molecule has 0 aliphatic heterocycles. The lowest BCUT2D eigenvalue weighted by molar-refractivity contribution is -0.142. The minimum absolute atomic E-state index is 0. The Morgan fingerprint density at radius 3 is 2.17 bits per heavy atom. The molecule has 108 valence electrons. The smallest absolute Gasteiger partial charge is 0.330 e. The Labute approximate surface area is 109 Å². The van der Waals surface area contributed by atoms with E-state index < -0.39 is 32.9 Å². The summed E-state index contributed by atoms with van der Waals surface area (Å²) in [7, 11) is -4.43. The highest BCUT2D eigenvalue weighted by atomic mass is 32.2. The van der Waals surface area contributed by atoms with Crippen molar-refractivity contribution in [3.8, 4) is 0 Å². The van der Waals surface area contributed by atoms with Crippen LogP contribution >= 0.6 is 0 Å². The van der Waals surface area contributed by atoms with Gasteiger partial charge in [-0.1, -0.05) is 27.4 Å².